The van der Waals surface area contributed by atoms with E-state index in [1.54, 1.807) is 0 Å². The Kier molecular flexibility index (Phi) is 4.01. The van der Waals surface area contributed by atoms with E-state index in [0.29, 0.717) is 13.2 Å². The van der Waals surface area contributed by atoms with Gasteiger partial charge in [0.15, 0.2) is 12.5 Å². The fourth-order valence-corrected chi connectivity index (χ4v) is 2.84. The Morgan fingerprint density at radius 1 is 0.696 bits per heavy atom. The summed E-state index contributed by atoms with van der Waals surface area (Å²) in [4.78, 5) is 9.36. The van der Waals surface area contributed by atoms with Crippen LogP contribution in [0.15, 0.2) is 70.6 Å². The molecule has 0 saturated carbocycles. The van der Waals surface area contributed by atoms with E-state index in [-0.39, 0.29) is 12.5 Å². The van der Waals surface area contributed by atoms with E-state index in [4.69, 9.17) is 9.47 Å². The van der Waals surface area contributed by atoms with E-state index in [0.717, 1.165) is 29.0 Å². The van der Waals surface area contributed by atoms with Crippen LogP contribution < -0.4 is 0 Å². The Hall–Kier alpha value is -2.30. The first-order valence-corrected chi connectivity index (χ1v) is 7.83. The second kappa shape index (κ2) is 6.44. The maximum Gasteiger partial charge on any atom is 0.174 e. The van der Waals surface area contributed by atoms with Crippen LogP contribution in [-0.2, 0) is 9.47 Å². The molecule has 0 amide bonds. The molecule has 0 bridgehead atoms. The Morgan fingerprint density at radius 3 is 1.57 bits per heavy atom. The molecule has 2 heterocycles. The predicted octanol–water partition coefficient (Wildman–Crippen LogP) is 3.72. The number of hydrogen-bond donors (Lipinski definition) is 0. The molecule has 0 aromatic heterocycles. The number of benzene rings is 2. The summed E-state index contributed by atoms with van der Waals surface area (Å²) >= 11 is 0. The van der Waals surface area contributed by atoms with Crippen molar-refractivity contribution in [2.24, 2.45) is 9.98 Å². The van der Waals surface area contributed by atoms with Crippen LogP contribution in [0, 0.1) is 0 Å². The van der Waals surface area contributed by atoms with Crippen LogP contribution in [0.2, 0.25) is 0 Å². The van der Waals surface area contributed by atoms with Crippen LogP contribution >= 0.6 is 0 Å². The average molecular weight is 306 g/mol. The summed E-state index contributed by atoms with van der Waals surface area (Å²) in [6.07, 6.45) is 0.366. The van der Waals surface area contributed by atoms with E-state index < -0.39 is 0 Å². The summed E-state index contributed by atoms with van der Waals surface area (Å²) in [5.41, 5.74) is 4.26. The van der Waals surface area contributed by atoms with Gasteiger partial charge >= 0.3 is 0 Å². The van der Waals surface area contributed by atoms with Crippen LogP contribution in [-0.4, -0.2) is 24.6 Å². The lowest BCUT2D eigenvalue weighted by Crippen LogP contribution is -2.10. The SMILES string of the molecule is c1ccc([C@H]2N=C(CC3=N[C@H](c4ccccc4)OC3)CO2)cc1. The zero-order chi connectivity index (χ0) is 15.5. The van der Waals surface area contributed by atoms with Crippen molar-refractivity contribution in [3.05, 3.63) is 71.8 Å². The molecule has 0 radical (unpaired) electrons. The zero-order valence-electron chi connectivity index (χ0n) is 12.8. The van der Waals surface area contributed by atoms with Gasteiger partial charge in [-0.2, -0.15) is 0 Å². The molecule has 0 saturated heterocycles. The quantitative estimate of drug-likeness (QED) is 0.864. The van der Waals surface area contributed by atoms with Crippen molar-refractivity contribution in [2.75, 3.05) is 13.2 Å². The van der Waals surface area contributed by atoms with Gasteiger partial charge in [0.25, 0.3) is 0 Å². The third kappa shape index (κ3) is 3.23. The van der Waals surface area contributed by atoms with Gasteiger partial charge in [0.2, 0.25) is 0 Å². The van der Waals surface area contributed by atoms with E-state index in [1.807, 2.05) is 60.7 Å². The van der Waals surface area contributed by atoms with Crippen molar-refractivity contribution in [1.29, 1.82) is 0 Å². The Bertz CT molecular complexity index is 662. The molecule has 0 spiro atoms. The highest BCUT2D eigenvalue weighted by Gasteiger charge is 2.24. The van der Waals surface area contributed by atoms with Gasteiger partial charge in [0.05, 0.1) is 13.2 Å². The Labute approximate surface area is 135 Å². The highest BCUT2D eigenvalue weighted by atomic mass is 16.5. The van der Waals surface area contributed by atoms with Crippen LogP contribution in [0.25, 0.3) is 0 Å². The maximum atomic E-state index is 5.77. The van der Waals surface area contributed by atoms with Crippen LogP contribution in [0.1, 0.15) is 30.0 Å². The highest BCUT2D eigenvalue weighted by Crippen LogP contribution is 2.27. The molecule has 2 atom stereocenters. The minimum atomic E-state index is -0.181. The smallest absolute Gasteiger partial charge is 0.174 e. The molecule has 4 heteroatoms. The highest BCUT2D eigenvalue weighted by molar-refractivity contribution is 6.06. The molecule has 23 heavy (non-hydrogen) atoms. The maximum absolute atomic E-state index is 5.77. The van der Waals surface area contributed by atoms with Gasteiger partial charge in [-0.15, -0.1) is 0 Å². The lowest BCUT2D eigenvalue weighted by Gasteiger charge is -2.05. The van der Waals surface area contributed by atoms with Crippen molar-refractivity contribution in [1.82, 2.24) is 0 Å². The number of aliphatic imine (C=N–C) groups is 2. The van der Waals surface area contributed by atoms with Gasteiger partial charge in [-0.1, -0.05) is 60.7 Å². The number of hydrogen-bond acceptors (Lipinski definition) is 4. The van der Waals surface area contributed by atoms with Gasteiger partial charge in [-0.05, 0) is 0 Å². The van der Waals surface area contributed by atoms with Gasteiger partial charge in [-0.25, -0.2) is 0 Å². The molecule has 2 aromatic carbocycles. The largest absolute Gasteiger partial charge is 0.346 e. The molecule has 4 rings (SSSR count). The van der Waals surface area contributed by atoms with E-state index in [2.05, 4.69) is 9.98 Å². The standard InChI is InChI=1S/C19H18N2O2/c1-3-7-14(8-4-1)18-20-16(12-22-18)11-17-13-23-19(21-17)15-9-5-2-6-10-15/h1-10,18-19H,11-13H2/t18-,19-/m0/s1. The molecule has 116 valence electrons. The topological polar surface area (TPSA) is 43.2 Å². The van der Waals surface area contributed by atoms with Gasteiger partial charge in [-0.3, -0.25) is 9.98 Å². The van der Waals surface area contributed by atoms with E-state index in [1.165, 1.54) is 0 Å². The molecule has 4 nitrogen and oxygen atoms in total. The minimum Gasteiger partial charge on any atom is -0.346 e. The first kappa shape index (κ1) is 14.3. The number of nitrogens with zero attached hydrogens (tertiary/aromatic N) is 2. The Morgan fingerprint density at radius 2 is 1.13 bits per heavy atom. The second-order valence-electron chi connectivity index (χ2n) is 5.72. The van der Waals surface area contributed by atoms with Crippen LogP contribution in [0.4, 0.5) is 0 Å². The molecular weight excluding hydrogens is 288 g/mol. The molecule has 0 unspecified atom stereocenters. The van der Waals surface area contributed by atoms with Crippen molar-refractivity contribution in [2.45, 2.75) is 18.9 Å². The fraction of sp³-hybridized carbons (Fsp3) is 0.263. The molecule has 0 aliphatic carbocycles. The molecule has 0 N–H and O–H groups in total. The lowest BCUT2D eigenvalue weighted by molar-refractivity contribution is 0.109. The summed E-state index contributed by atoms with van der Waals surface area (Å²) in [5, 5.41) is 0. The fourth-order valence-electron chi connectivity index (χ4n) is 2.84. The minimum absolute atomic E-state index is 0.181. The summed E-state index contributed by atoms with van der Waals surface area (Å²) in [6.45, 7) is 1.13. The molecule has 2 aromatic rings. The molecule has 2 aliphatic heterocycles. The number of rotatable bonds is 4. The van der Waals surface area contributed by atoms with E-state index in [9.17, 15) is 0 Å². The number of ether oxygens (including phenoxy) is 2. The van der Waals surface area contributed by atoms with E-state index >= 15 is 0 Å². The summed E-state index contributed by atoms with van der Waals surface area (Å²) in [7, 11) is 0. The average Bonchev–Trinajstić information content (AvgIpc) is 3.27. The second-order valence-corrected chi connectivity index (χ2v) is 5.72. The van der Waals surface area contributed by atoms with Crippen molar-refractivity contribution in [3.8, 4) is 0 Å². The first-order chi connectivity index (χ1) is 11.4. The third-order valence-corrected chi connectivity index (χ3v) is 3.99. The van der Waals surface area contributed by atoms with Crippen LogP contribution in [0.3, 0.4) is 0 Å². The van der Waals surface area contributed by atoms with Gasteiger partial charge < -0.3 is 9.47 Å². The van der Waals surface area contributed by atoms with Gasteiger partial charge in [0.1, 0.15) is 0 Å². The summed E-state index contributed by atoms with van der Waals surface area (Å²) in [5.74, 6) is 0. The van der Waals surface area contributed by atoms with Crippen molar-refractivity contribution >= 4 is 11.4 Å². The molecular formula is C19H18N2O2. The predicted molar refractivity (Wildman–Crippen MR) is 89.8 cm³/mol. The lowest BCUT2D eigenvalue weighted by atomic mass is 10.2. The third-order valence-electron chi connectivity index (χ3n) is 3.99. The van der Waals surface area contributed by atoms with Crippen LogP contribution in [0.5, 0.6) is 0 Å². The first-order valence-electron chi connectivity index (χ1n) is 7.83. The zero-order valence-corrected chi connectivity index (χ0v) is 12.8. The summed E-state index contributed by atoms with van der Waals surface area (Å²) < 4.78 is 11.5. The summed E-state index contributed by atoms with van der Waals surface area (Å²) in [6, 6.07) is 20.2. The molecule has 2 aliphatic rings. The molecule has 0 fully saturated rings. The Balaban J connectivity index is 1.43. The van der Waals surface area contributed by atoms with Crippen molar-refractivity contribution < 1.29 is 9.47 Å². The normalized spacial score (nSPS) is 23.7. The monoisotopic (exact) mass is 306 g/mol. The van der Waals surface area contributed by atoms with Crippen molar-refractivity contribution in [3.63, 3.8) is 0 Å². The van der Waals surface area contributed by atoms with Gasteiger partial charge in [0, 0.05) is 29.0 Å².